The Kier molecular flexibility index (Phi) is 4.20. The number of rotatable bonds is 3. The Morgan fingerprint density at radius 1 is 1.33 bits per heavy atom. The van der Waals surface area contributed by atoms with Crippen molar-refractivity contribution in [1.82, 2.24) is 4.31 Å². The third kappa shape index (κ3) is 3.01. The van der Waals surface area contributed by atoms with E-state index >= 15 is 0 Å². The van der Waals surface area contributed by atoms with E-state index in [1.54, 1.807) is 0 Å². The smallest absolute Gasteiger partial charge is 0.293 e. The second kappa shape index (κ2) is 5.61. The molecule has 0 amide bonds. The van der Waals surface area contributed by atoms with Crippen LogP contribution >= 0.6 is 0 Å². The molecule has 1 aliphatic rings. The third-order valence-corrected chi connectivity index (χ3v) is 5.99. The highest BCUT2D eigenvalue weighted by molar-refractivity contribution is 7.89. The molecule has 0 aliphatic carbocycles. The number of piperidine rings is 1. The molecular weight excluding hydrogens is 294 g/mol. The summed E-state index contributed by atoms with van der Waals surface area (Å²) in [4.78, 5) is 10.1. The van der Waals surface area contributed by atoms with Crippen molar-refractivity contribution in [2.75, 3.05) is 18.8 Å². The molecule has 1 aromatic rings. The fourth-order valence-corrected chi connectivity index (χ4v) is 4.01. The minimum atomic E-state index is -3.72. The molecule has 1 fully saturated rings. The average molecular weight is 313 g/mol. The second-order valence-corrected chi connectivity index (χ2v) is 7.52. The van der Waals surface area contributed by atoms with E-state index in [0.717, 1.165) is 12.5 Å². The van der Waals surface area contributed by atoms with Gasteiger partial charge in [-0.1, -0.05) is 13.8 Å². The highest BCUT2D eigenvalue weighted by Gasteiger charge is 2.32. The van der Waals surface area contributed by atoms with Crippen LogP contribution in [0.25, 0.3) is 0 Å². The molecule has 8 heteroatoms. The van der Waals surface area contributed by atoms with Crippen molar-refractivity contribution in [3.05, 3.63) is 28.3 Å². The maximum Gasteiger partial charge on any atom is 0.293 e. The molecule has 2 N–H and O–H groups in total. The Labute approximate surface area is 123 Å². The van der Waals surface area contributed by atoms with Gasteiger partial charge in [-0.05, 0) is 30.4 Å². The Balaban J connectivity index is 2.36. The van der Waals surface area contributed by atoms with Crippen LogP contribution in [-0.4, -0.2) is 30.7 Å². The first-order chi connectivity index (χ1) is 9.73. The Morgan fingerprint density at radius 2 is 2.00 bits per heavy atom. The molecular formula is C13H19N3O4S. The predicted octanol–water partition coefficient (Wildman–Crippen LogP) is 1.84. The summed E-state index contributed by atoms with van der Waals surface area (Å²) >= 11 is 0. The Hall–Kier alpha value is -1.67. The van der Waals surface area contributed by atoms with Crippen molar-refractivity contribution in [2.24, 2.45) is 11.8 Å². The van der Waals surface area contributed by atoms with Gasteiger partial charge in [0.05, 0.1) is 9.82 Å². The Morgan fingerprint density at radius 3 is 2.57 bits per heavy atom. The summed E-state index contributed by atoms with van der Waals surface area (Å²) in [5.41, 5.74) is 5.08. The molecule has 2 atom stereocenters. The molecule has 0 radical (unpaired) electrons. The molecule has 1 saturated heterocycles. The number of sulfonamides is 1. The number of nitro groups is 1. The van der Waals surface area contributed by atoms with Crippen LogP contribution in [0.1, 0.15) is 20.3 Å². The van der Waals surface area contributed by atoms with Gasteiger partial charge in [0.25, 0.3) is 5.69 Å². The van der Waals surface area contributed by atoms with Crippen molar-refractivity contribution >= 4 is 21.4 Å². The van der Waals surface area contributed by atoms with Gasteiger partial charge < -0.3 is 5.73 Å². The van der Waals surface area contributed by atoms with E-state index in [4.69, 9.17) is 5.73 Å². The number of benzene rings is 1. The van der Waals surface area contributed by atoms with E-state index in [9.17, 15) is 18.5 Å². The number of hydrogen-bond donors (Lipinski definition) is 1. The summed E-state index contributed by atoms with van der Waals surface area (Å²) in [6.07, 6.45) is 0.789. The quantitative estimate of drug-likeness (QED) is 0.520. The average Bonchev–Trinajstić information content (AvgIpc) is 2.41. The molecule has 1 aliphatic heterocycles. The van der Waals surface area contributed by atoms with Crippen LogP contribution in [0.3, 0.4) is 0 Å². The molecule has 1 heterocycles. The first-order valence-electron chi connectivity index (χ1n) is 6.77. The van der Waals surface area contributed by atoms with Gasteiger partial charge >= 0.3 is 0 Å². The summed E-state index contributed by atoms with van der Waals surface area (Å²) in [5, 5.41) is 10.9. The molecule has 0 spiro atoms. The van der Waals surface area contributed by atoms with Gasteiger partial charge in [-0.25, -0.2) is 8.42 Å². The van der Waals surface area contributed by atoms with Gasteiger partial charge in [0.1, 0.15) is 5.69 Å². The van der Waals surface area contributed by atoms with Crippen LogP contribution in [0.4, 0.5) is 11.4 Å². The lowest BCUT2D eigenvalue weighted by Gasteiger charge is -2.34. The van der Waals surface area contributed by atoms with Crippen molar-refractivity contribution in [3.8, 4) is 0 Å². The van der Waals surface area contributed by atoms with Crippen LogP contribution in [0, 0.1) is 22.0 Å². The van der Waals surface area contributed by atoms with E-state index in [0.29, 0.717) is 19.0 Å². The van der Waals surface area contributed by atoms with Gasteiger partial charge in [0, 0.05) is 19.2 Å². The molecule has 0 saturated carbocycles. The monoisotopic (exact) mass is 313 g/mol. The van der Waals surface area contributed by atoms with E-state index < -0.39 is 14.9 Å². The lowest BCUT2D eigenvalue weighted by molar-refractivity contribution is -0.384. The maximum absolute atomic E-state index is 12.6. The largest absolute Gasteiger partial charge is 0.393 e. The van der Waals surface area contributed by atoms with Crippen molar-refractivity contribution in [3.63, 3.8) is 0 Å². The molecule has 0 aromatic heterocycles. The van der Waals surface area contributed by atoms with Gasteiger partial charge in [-0.2, -0.15) is 4.31 Å². The van der Waals surface area contributed by atoms with Crippen LogP contribution in [0.15, 0.2) is 23.1 Å². The standard InChI is InChI=1S/C13H19N3O4S/c1-9-5-6-15(8-10(9)2)21(19,20)11-3-4-12(14)13(7-11)16(17)18/h3-4,7,9-10H,5-6,8,14H2,1-2H3. The molecule has 0 bridgehead atoms. The maximum atomic E-state index is 12.6. The summed E-state index contributed by atoms with van der Waals surface area (Å²) in [7, 11) is -3.72. The number of nitrogens with zero attached hydrogens (tertiary/aromatic N) is 2. The second-order valence-electron chi connectivity index (χ2n) is 5.58. The topological polar surface area (TPSA) is 107 Å². The van der Waals surface area contributed by atoms with E-state index in [1.165, 1.54) is 16.4 Å². The fourth-order valence-electron chi connectivity index (χ4n) is 2.43. The van der Waals surface area contributed by atoms with E-state index in [1.807, 2.05) is 6.92 Å². The molecule has 7 nitrogen and oxygen atoms in total. The van der Waals surface area contributed by atoms with Gasteiger partial charge in [-0.3, -0.25) is 10.1 Å². The fraction of sp³-hybridized carbons (Fsp3) is 0.538. The number of anilines is 1. The number of hydrogen-bond acceptors (Lipinski definition) is 5. The van der Waals surface area contributed by atoms with Crippen molar-refractivity contribution in [2.45, 2.75) is 25.2 Å². The molecule has 2 rings (SSSR count). The van der Waals surface area contributed by atoms with Gasteiger partial charge in [0.2, 0.25) is 10.0 Å². The summed E-state index contributed by atoms with van der Waals surface area (Å²) in [6.45, 7) is 4.98. The van der Waals surface area contributed by atoms with Crippen molar-refractivity contribution in [1.29, 1.82) is 0 Å². The summed E-state index contributed by atoms with van der Waals surface area (Å²) in [6, 6.07) is 3.62. The van der Waals surface area contributed by atoms with Crippen LogP contribution < -0.4 is 5.73 Å². The lowest BCUT2D eigenvalue weighted by atomic mass is 9.90. The molecule has 1 aromatic carbocycles. The number of nitrogens with two attached hydrogens (primary N) is 1. The van der Waals surface area contributed by atoms with E-state index in [-0.39, 0.29) is 22.2 Å². The highest BCUT2D eigenvalue weighted by atomic mass is 32.2. The summed E-state index contributed by atoms with van der Waals surface area (Å²) in [5.74, 6) is 0.731. The molecule has 116 valence electrons. The number of nitro benzene ring substituents is 1. The first-order valence-corrected chi connectivity index (χ1v) is 8.21. The van der Waals surface area contributed by atoms with Gasteiger partial charge in [-0.15, -0.1) is 0 Å². The minimum Gasteiger partial charge on any atom is -0.393 e. The zero-order valence-electron chi connectivity index (χ0n) is 12.0. The highest BCUT2D eigenvalue weighted by Crippen LogP contribution is 2.30. The normalized spacial score (nSPS) is 23.9. The predicted molar refractivity (Wildman–Crippen MR) is 79.2 cm³/mol. The Bertz CT molecular complexity index is 659. The first kappa shape index (κ1) is 15.7. The zero-order valence-corrected chi connectivity index (χ0v) is 12.8. The van der Waals surface area contributed by atoms with Crippen LogP contribution in [0.2, 0.25) is 0 Å². The van der Waals surface area contributed by atoms with Gasteiger partial charge in [0.15, 0.2) is 0 Å². The number of nitrogen functional groups attached to an aromatic ring is 1. The van der Waals surface area contributed by atoms with Crippen LogP contribution in [-0.2, 0) is 10.0 Å². The zero-order chi connectivity index (χ0) is 15.8. The minimum absolute atomic E-state index is 0.0421. The molecule has 2 unspecified atom stereocenters. The SMILES string of the molecule is CC1CCN(S(=O)(=O)c2ccc(N)c([N+](=O)[O-])c2)CC1C. The summed E-state index contributed by atoms with van der Waals surface area (Å²) < 4.78 is 26.6. The lowest BCUT2D eigenvalue weighted by Crippen LogP contribution is -2.42. The van der Waals surface area contributed by atoms with Crippen LogP contribution in [0.5, 0.6) is 0 Å². The molecule has 21 heavy (non-hydrogen) atoms. The van der Waals surface area contributed by atoms with Crippen molar-refractivity contribution < 1.29 is 13.3 Å². The van der Waals surface area contributed by atoms with E-state index in [2.05, 4.69) is 6.92 Å². The third-order valence-electron chi connectivity index (χ3n) is 4.13.